The Morgan fingerprint density at radius 2 is 2.00 bits per heavy atom. The van der Waals surface area contributed by atoms with Gasteiger partial charge >= 0.3 is 0 Å². The lowest BCUT2D eigenvalue weighted by Gasteiger charge is -2.13. The first-order valence-electron chi connectivity index (χ1n) is 9.25. The quantitative estimate of drug-likeness (QED) is 0.571. The number of hydrogen-bond donors (Lipinski definition) is 2. The third-order valence-corrected chi connectivity index (χ3v) is 4.59. The number of primary amides is 1. The molecular weight excluding hydrogens is 340 g/mol. The molecule has 3 aromatic rings. The second-order valence-electron chi connectivity index (χ2n) is 6.45. The SMILES string of the molecule is CCOCCn1c(CN[C@@H](C)C(N)=O)nc2ccc(-c3ccccc3)cc21. The number of nitrogens with two attached hydrogens (primary N) is 1. The Hall–Kier alpha value is -2.70. The molecule has 0 radical (unpaired) electrons. The Labute approximate surface area is 159 Å². The summed E-state index contributed by atoms with van der Waals surface area (Å²) in [6.45, 7) is 6.18. The van der Waals surface area contributed by atoms with E-state index >= 15 is 0 Å². The molecule has 1 aromatic heterocycles. The van der Waals surface area contributed by atoms with Crippen LogP contribution in [-0.2, 0) is 22.6 Å². The van der Waals surface area contributed by atoms with E-state index in [1.54, 1.807) is 6.92 Å². The van der Waals surface area contributed by atoms with Gasteiger partial charge in [0.25, 0.3) is 0 Å². The van der Waals surface area contributed by atoms with Crippen molar-refractivity contribution in [3.63, 3.8) is 0 Å². The van der Waals surface area contributed by atoms with Crippen LogP contribution in [0.25, 0.3) is 22.2 Å². The predicted molar refractivity (Wildman–Crippen MR) is 107 cm³/mol. The normalized spacial score (nSPS) is 12.4. The molecule has 0 bridgehead atoms. The van der Waals surface area contributed by atoms with Crippen LogP contribution in [-0.4, -0.2) is 34.7 Å². The second-order valence-corrected chi connectivity index (χ2v) is 6.45. The van der Waals surface area contributed by atoms with Crippen molar-refractivity contribution in [2.75, 3.05) is 13.2 Å². The fourth-order valence-electron chi connectivity index (χ4n) is 3.01. The Morgan fingerprint density at radius 1 is 1.22 bits per heavy atom. The lowest BCUT2D eigenvalue weighted by atomic mass is 10.1. The van der Waals surface area contributed by atoms with Gasteiger partial charge in [0.1, 0.15) is 5.82 Å². The van der Waals surface area contributed by atoms with E-state index in [0.717, 1.165) is 22.4 Å². The summed E-state index contributed by atoms with van der Waals surface area (Å²) in [7, 11) is 0. The predicted octanol–water partition coefficient (Wildman–Crippen LogP) is 2.70. The highest BCUT2D eigenvalue weighted by atomic mass is 16.5. The molecule has 0 aliphatic heterocycles. The number of hydrogen-bond acceptors (Lipinski definition) is 4. The molecule has 0 fully saturated rings. The number of amides is 1. The minimum absolute atomic E-state index is 0.377. The summed E-state index contributed by atoms with van der Waals surface area (Å²) in [5.74, 6) is 0.487. The smallest absolute Gasteiger partial charge is 0.234 e. The van der Waals surface area contributed by atoms with Crippen LogP contribution in [0, 0.1) is 0 Å². The largest absolute Gasteiger partial charge is 0.380 e. The van der Waals surface area contributed by atoms with Crippen molar-refractivity contribution in [2.24, 2.45) is 5.73 Å². The zero-order valence-electron chi connectivity index (χ0n) is 15.8. The van der Waals surface area contributed by atoms with E-state index < -0.39 is 6.04 Å². The average Bonchev–Trinajstić information content (AvgIpc) is 3.03. The van der Waals surface area contributed by atoms with Crippen LogP contribution in [0.2, 0.25) is 0 Å². The molecule has 0 aliphatic carbocycles. The van der Waals surface area contributed by atoms with Crippen LogP contribution in [0.4, 0.5) is 0 Å². The van der Waals surface area contributed by atoms with E-state index in [1.165, 1.54) is 5.56 Å². The summed E-state index contributed by atoms with van der Waals surface area (Å²) >= 11 is 0. The van der Waals surface area contributed by atoms with Crippen LogP contribution in [0.5, 0.6) is 0 Å². The molecule has 27 heavy (non-hydrogen) atoms. The molecule has 6 heteroatoms. The van der Waals surface area contributed by atoms with Crippen molar-refractivity contribution in [1.82, 2.24) is 14.9 Å². The summed E-state index contributed by atoms with van der Waals surface area (Å²) in [5, 5.41) is 3.14. The lowest BCUT2D eigenvalue weighted by molar-refractivity contribution is -0.119. The summed E-state index contributed by atoms with van der Waals surface area (Å²) < 4.78 is 7.70. The van der Waals surface area contributed by atoms with E-state index in [0.29, 0.717) is 26.3 Å². The van der Waals surface area contributed by atoms with E-state index in [1.807, 2.05) is 31.2 Å². The number of fused-ring (bicyclic) bond motifs is 1. The first-order chi connectivity index (χ1) is 13.1. The molecule has 0 saturated carbocycles. The maximum atomic E-state index is 11.3. The van der Waals surface area contributed by atoms with Gasteiger partial charge in [0.15, 0.2) is 0 Å². The van der Waals surface area contributed by atoms with E-state index in [9.17, 15) is 4.79 Å². The number of nitrogens with one attached hydrogen (secondary N) is 1. The fraction of sp³-hybridized carbons (Fsp3) is 0.333. The summed E-state index contributed by atoms with van der Waals surface area (Å²) in [4.78, 5) is 16.1. The highest BCUT2D eigenvalue weighted by Gasteiger charge is 2.14. The summed E-state index contributed by atoms with van der Waals surface area (Å²) in [6, 6.07) is 16.1. The number of imidazole rings is 1. The van der Waals surface area contributed by atoms with Gasteiger partial charge in [-0.05, 0) is 37.1 Å². The Kier molecular flexibility index (Phi) is 6.21. The molecule has 0 aliphatic rings. The van der Waals surface area contributed by atoms with Crippen molar-refractivity contribution in [3.05, 3.63) is 54.4 Å². The molecule has 1 atom stereocenters. The van der Waals surface area contributed by atoms with Gasteiger partial charge in [0.05, 0.1) is 30.2 Å². The number of aromatic nitrogens is 2. The highest BCUT2D eigenvalue weighted by molar-refractivity contribution is 5.83. The van der Waals surface area contributed by atoms with Crippen LogP contribution >= 0.6 is 0 Å². The number of rotatable bonds is 9. The Morgan fingerprint density at radius 3 is 2.70 bits per heavy atom. The van der Waals surface area contributed by atoms with E-state index in [2.05, 4.69) is 34.1 Å². The lowest BCUT2D eigenvalue weighted by Crippen LogP contribution is -2.38. The van der Waals surface area contributed by atoms with Gasteiger partial charge in [-0.15, -0.1) is 0 Å². The number of carbonyl (C=O) groups is 1. The average molecular weight is 366 g/mol. The van der Waals surface area contributed by atoms with Gasteiger partial charge in [-0.1, -0.05) is 36.4 Å². The molecule has 0 spiro atoms. The standard InChI is InChI=1S/C21H26N4O2/c1-3-27-12-11-25-19-13-17(16-7-5-4-6-8-16)9-10-18(19)24-20(25)14-23-15(2)21(22)26/h4-10,13,15,23H,3,11-12,14H2,1-2H3,(H2,22,26)/t15-/m0/s1. The first kappa shape index (κ1) is 19.1. The maximum Gasteiger partial charge on any atom is 0.234 e. The number of carbonyl (C=O) groups excluding carboxylic acids is 1. The van der Waals surface area contributed by atoms with E-state index in [-0.39, 0.29) is 5.91 Å². The molecule has 1 heterocycles. The third kappa shape index (κ3) is 4.53. The molecule has 2 aromatic carbocycles. The molecule has 6 nitrogen and oxygen atoms in total. The van der Waals surface area contributed by atoms with Crippen molar-refractivity contribution in [1.29, 1.82) is 0 Å². The third-order valence-electron chi connectivity index (χ3n) is 4.59. The van der Waals surface area contributed by atoms with Crippen LogP contribution < -0.4 is 11.1 Å². The minimum Gasteiger partial charge on any atom is -0.380 e. The van der Waals surface area contributed by atoms with Gasteiger partial charge < -0.3 is 15.0 Å². The van der Waals surface area contributed by atoms with Crippen molar-refractivity contribution < 1.29 is 9.53 Å². The van der Waals surface area contributed by atoms with Gasteiger partial charge in [-0.2, -0.15) is 0 Å². The molecular formula is C21H26N4O2. The van der Waals surface area contributed by atoms with Gasteiger partial charge in [-0.25, -0.2) is 4.98 Å². The van der Waals surface area contributed by atoms with Crippen molar-refractivity contribution in [3.8, 4) is 11.1 Å². The number of ether oxygens (including phenoxy) is 1. The molecule has 0 saturated heterocycles. The van der Waals surface area contributed by atoms with Crippen LogP contribution in [0.3, 0.4) is 0 Å². The molecule has 1 amide bonds. The molecule has 0 unspecified atom stereocenters. The topological polar surface area (TPSA) is 82.2 Å². The monoisotopic (exact) mass is 366 g/mol. The Bertz CT molecular complexity index is 905. The molecule has 142 valence electrons. The fourth-order valence-corrected chi connectivity index (χ4v) is 3.01. The zero-order valence-corrected chi connectivity index (χ0v) is 15.8. The first-order valence-corrected chi connectivity index (χ1v) is 9.25. The van der Waals surface area contributed by atoms with E-state index in [4.69, 9.17) is 15.5 Å². The number of nitrogens with zero attached hydrogens (tertiary/aromatic N) is 2. The van der Waals surface area contributed by atoms with Gasteiger partial charge in [0, 0.05) is 13.2 Å². The summed E-state index contributed by atoms with van der Waals surface area (Å²) in [6.07, 6.45) is 0. The summed E-state index contributed by atoms with van der Waals surface area (Å²) in [5.41, 5.74) is 9.64. The van der Waals surface area contributed by atoms with Crippen molar-refractivity contribution >= 4 is 16.9 Å². The maximum absolute atomic E-state index is 11.3. The minimum atomic E-state index is -0.412. The van der Waals surface area contributed by atoms with Gasteiger partial charge in [0.2, 0.25) is 5.91 Å². The van der Waals surface area contributed by atoms with Crippen molar-refractivity contribution in [2.45, 2.75) is 33.0 Å². The second kappa shape index (κ2) is 8.79. The number of benzene rings is 2. The Balaban J connectivity index is 1.95. The zero-order chi connectivity index (χ0) is 19.2. The van der Waals surface area contributed by atoms with Crippen LogP contribution in [0.15, 0.2) is 48.5 Å². The van der Waals surface area contributed by atoms with Crippen LogP contribution in [0.1, 0.15) is 19.7 Å². The molecule has 3 rings (SSSR count). The highest BCUT2D eigenvalue weighted by Crippen LogP contribution is 2.25. The van der Waals surface area contributed by atoms with Gasteiger partial charge in [-0.3, -0.25) is 10.1 Å². The molecule has 3 N–H and O–H groups in total.